The van der Waals surface area contributed by atoms with E-state index in [2.05, 4.69) is 18.2 Å². The largest absolute Gasteiger partial charge is 0.497 e. The van der Waals surface area contributed by atoms with Crippen molar-refractivity contribution in [3.05, 3.63) is 35.9 Å². The third kappa shape index (κ3) is 1.91. The highest BCUT2D eigenvalue weighted by molar-refractivity contribution is 5.97. The van der Waals surface area contributed by atoms with E-state index in [0.717, 1.165) is 33.6 Å². The van der Waals surface area contributed by atoms with Gasteiger partial charge in [-0.15, -0.1) is 0 Å². The Morgan fingerprint density at radius 2 is 1.89 bits per heavy atom. The Bertz CT molecular complexity index is 659. The minimum absolute atomic E-state index is 0.0790. The zero-order valence-electron chi connectivity index (χ0n) is 11.3. The summed E-state index contributed by atoms with van der Waals surface area (Å²) in [6.45, 7) is 2.02. The van der Waals surface area contributed by atoms with Crippen LogP contribution in [0.2, 0.25) is 0 Å². The molecule has 0 amide bonds. The molecular formula is C16H16O3. The molecular weight excluding hydrogens is 240 g/mol. The summed E-state index contributed by atoms with van der Waals surface area (Å²) in [5.41, 5.74) is 1.08. The summed E-state index contributed by atoms with van der Waals surface area (Å²) in [6, 6.07) is 7.98. The minimum atomic E-state index is 0.0790. The van der Waals surface area contributed by atoms with E-state index in [-0.39, 0.29) is 6.10 Å². The Morgan fingerprint density at radius 1 is 1.05 bits per heavy atom. The predicted molar refractivity (Wildman–Crippen MR) is 76.2 cm³/mol. The molecule has 0 fully saturated rings. The van der Waals surface area contributed by atoms with E-state index in [4.69, 9.17) is 14.2 Å². The van der Waals surface area contributed by atoms with Crippen LogP contribution in [-0.2, 0) is 0 Å². The number of benzene rings is 2. The lowest BCUT2D eigenvalue weighted by molar-refractivity contribution is 0.269. The fourth-order valence-corrected chi connectivity index (χ4v) is 2.38. The minimum Gasteiger partial charge on any atom is -0.497 e. The van der Waals surface area contributed by atoms with Crippen LogP contribution in [0.4, 0.5) is 0 Å². The number of methoxy groups -OCH3 is 2. The van der Waals surface area contributed by atoms with Crippen LogP contribution in [0.5, 0.6) is 17.2 Å². The molecule has 1 atom stereocenters. The lowest BCUT2D eigenvalue weighted by Gasteiger charge is -2.21. The Morgan fingerprint density at radius 3 is 2.63 bits per heavy atom. The van der Waals surface area contributed by atoms with Crippen molar-refractivity contribution in [2.75, 3.05) is 14.2 Å². The van der Waals surface area contributed by atoms with Gasteiger partial charge in [-0.25, -0.2) is 0 Å². The lowest BCUT2D eigenvalue weighted by atomic mass is 10.0. The molecule has 1 aliphatic heterocycles. The first-order valence-corrected chi connectivity index (χ1v) is 6.26. The van der Waals surface area contributed by atoms with Crippen molar-refractivity contribution in [1.29, 1.82) is 0 Å². The Balaban J connectivity index is 2.33. The molecule has 19 heavy (non-hydrogen) atoms. The second kappa shape index (κ2) is 4.50. The van der Waals surface area contributed by atoms with Crippen molar-refractivity contribution < 1.29 is 14.2 Å². The van der Waals surface area contributed by atoms with Crippen LogP contribution in [0.15, 0.2) is 30.3 Å². The van der Waals surface area contributed by atoms with Crippen LogP contribution in [0.25, 0.3) is 16.8 Å². The summed E-state index contributed by atoms with van der Waals surface area (Å²) in [4.78, 5) is 0. The summed E-state index contributed by atoms with van der Waals surface area (Å²) in [7, 11) is 3.32. The van der Waals surface area contributed by atoms with E-state index in [9.17, 15) is 0 Å². The van der Waals surface area contributed by atoms with E-state index in [1.54, 1.807) is 14.2 Å². The molecule has 1 heterocycles. The molecule has 3 nitrogen and oxygen atoms in total. The average Bonchev–Trinajstić information content (AvgIpc) is 2.45. The molecule has 3 heteroatoms. The Labute approximate surface area is 112 Å². The lowest BCUT2D eigenvalue weighted by Crippen LogP contribution is -2.12. The Kier molecular flexibility index (Phi) is 2.82. The summed E-state index contributed by atoms with van der Waals surface area (Å²) >= 11 is 0. The molecule has 0 bridgehead atoms. The van der Waals surface area contributed by atoms with E-state index in [0.29, 0.717) is 0 Å². The second-order valence-electron chi connectivity index (χ2n) is 4.59. The molecule has 0 aliphatic carbocycles. The molecule has 0 N–H and O–H groups in total. The van der Waals surface area contributed by atoms with Crippen LogP contribution >= 0.6 is 0 Å². The van der Waals surface area contributed by atoms with Gasteiger partial charge < -0.3 is 14.2 Å². The van der Waals surface area contributed by atoms with E-state index < -0.39 is 0 Å². The van der Waals surface area contributed by atoms with Crippen LogP contribution < -0.4 is 14.2 Å². The van der Waals surface area contributed by atoms with Crippen molar-refractivity contribution >= 4 is 16.8 Å². The number of rotatable bonds is 2. The summed E-state index contributed by atoms with van der Waals surface area (Å²) in [5.74, 6) is 2.45. The molecule has 98 valence electrons. The third-order valence-electron chi connectivity index (χ3n) is 3.36. The van der Waals surface area contributed by atoms with Crippen LogP contribution in [-0.4, -0.2) is 20.3 Å². The van der Waals surface area contributed by atoms with Gasteiger partial charge >= 0.3 is 0 Å². The number of fused-ring (bicyclic) bond motifs is 3. The molecule has 0 radical (unpaired) electrons. The highest BCUT2D eigenvalue weighted by Gasteiger charge is 2.17. The molecule has 0 spiro atoms. The van der Waals surface area contributed by atoms with Gasteiger partial charge in [-0.1, -0.05) is 12.1 Å². The maximum atomic E-state index is 5.95. The van der Waals surface area contributed by atoms with Gasteiger partial charge in [-0.05, 0) is 25.1 Å². The standard InChI is InChI=1S/C16H16O3/c1-10-4-5-11-6-7-13-14(16(11)19-10)8-12(17-2)9-15(13)18-3/h4-10H,1-3H3. The maximum Gasteiger partial charge on any atom is 0.135 e. The monoisotopic (exact) mass is 256 g/mol. The van der Waals surface area contributed by atoms with Gasteiger partial charge in [0.05, 0.1) is 14.2 Å². The molecule has 0 saturated carbocycles. The maximum absolute atomic E-state index is 5.95. The van der Waals surface area contributed by atoms with E-state index >= 15 is 0 Å². The molecule has 1 aliphatic rings. The summed E-state index contributed by atoms with van der Waals surface area (Å²) < 4.78 is 16.7. The van der Waals surface area contributed by atoms with Gasteiger partial charge in [-0.2, -0.15) is 0 Å². The fraction of sp³-hybridized carbons (Fsp3) is 0.250. The average molecular weight is 256 g/mol. The normalized spacial score (nSPS) is 16.9. The van der Waals surface area contributed by atoms with E-state index in [1.807, 2.05) is 25.1 Å². The molecule has 1 unspecified atom stereocenters. The smallest absolute Gasteiger partial charge is 0.135 e. The molecule has 3 rings (SSSR count). The van der Waals surface area contributed by atoms with Gasteiger partial charge in [0.25, 0.3) is 0 Å². The van der Waals surface area contributed by atoms with Crippen molar-refractivity contribution in [3.63, 3.8) is 0 Å². The molecule has 0 aromatic heterocycles. The summed E-state index contributed by atoms with van der Waals surface area (Å²) in [5, 5.41) is 2.05. The Hall–Kier alpha value is -2.16. The zero-order valence-corrected chi connectivity index (χ0v) is 11.3. The zero-order chi connectivity index (χ0) is 13.4. The fourth-order valence-electron chi connectivity index (χ4n) is 2.38. The van der Waals surface area contributed by atoms with Crippen molar-refractivity contribution in [2.24, 2.45) is 0 Å². The van der Waals surface area contributed by atoms with Crippen molar-refractivity contribution in [1.82, 2.24) is 0 Å². The molecule has 2 aromatic carbocycles. The highest BCUT2D eigenvalue weighted by Crippen LogP contribution is 2.40. The van der Waals surface area contributed by atoms with Crippen LogP contribution in [0.1, 0.15) is 12.5 Å². The van der Waals surface area contributed by atoms with Crippen LogP contribution in [0.3, 0.4) is 0 Å². The van der Waals surface area contributed by atoms with Gasteiger partial charge in [0, 0.05) is 22.4 Å². The first-order valence-electron chi connectivity index (χ1n) is 6.26. The topological polar surface area (TPSA) is 27.7 Å². The van der Waals surface area contributed by atoms with Crippen LogP contribution in [0, 0.1) is 0 Å². The summed E-state index contributed by atoms with van der Waals surface area (Å²) in [6.07, 6.45) is 4.22. The predicted octanol–water partition coefficient (Wildman–Crippen LogP) is 3.65. The van der Waals surface area contributed by atoms with Gasteiger partial charge in [-0.3, -0.25) is 0 Å². The van der Waals surface area contributed by atoms with E-state index in [1.165, 1.54) is 0 Å². The second-order valence-corrected chi connectivity index (χ2v) is 4.59. The highest BCUT2D eigenvalue weighted by atomic mass is 16.5. The van der Waals surface area contributed by atoms with Crippen molar-refractivity contribution in [3.8, 4) is 17.2 Å². The first-order chi connectivity index (χ1) is 9.22. The quantitative estimate of drug-likeness (QED) is 0.820. The number of hydrogen-bond donors (Lipinski definition) is 0. The van der Waals surface area contributed by atoms with Crippen molar-refractivity contribution in [2.45, 2.75) is 13.0 Å². The van der Waals surface area contributed by atoms with Gasteiger partial charge in [0.1, 0.15) is 23.4 Å². The molecule has 2 aromatic rings. The SMILES string of the molecule is COc1cc(OC)c2ccc3c(c2c1)OC(C)C=C3. The number of hydrogen-bond acceptors (Lipinski definition) is 3. The third-order valence-corrected chi connectivity index (χ3v) is 3.36. The first kappa shape index (κ1) is 11.9. The molecule has 0 saturated heterocycles. The van der Waals surface area contributed by atoms with Gasteiger partial charge in [0.15, 0.2) is 0 Å². The number of ether oxygens (including phenoxy) is 3. The van der Waals surface area contributed by atoms with Gasteiger partial charge in [0.2, 0.25) is 0 Å².